The van der Waals surface area contributed by atoms with Crippen molar-refractivity contribution in [3.05, 3.63) is 0 Å². The third kappa shape index (κ3) is 4.94. The topological polar surface area (TPSA) is 47.9 Å². The molecule has 0 rings (SSSR count). The van der Waals surface area contributed by atoms with Crippen molar-refractivity contribution in [1.29, 1.82) is 0 Å². The summed E-state index contributed by atoms with van der Waals surface area (Å²) in [5.74, 6) is 0. The van der Waals surface area contributed by atoms with E-state index >= 15 is 0 Å². The van der Waals surface area contributed by atoms with Crippen LogP contribution in [0.5, 0.6) is 0 Å². The second-order valence-corrected chi connectivity index (χ2v) is 1.31. The summed E-state index contributed by atoms with van der Waals surface area (Å²) in [6.45, 7) is 3.59. The molecule has 0 bridgehead atoms. The van der Waals surface area contributed by atoms with Crippen molar-refractivity contribution in [2.24, 2.45) is 5.16 Å². The van der Waals surface area contributed by atoms with Crippen LogP contribution >= 0.6 is 0 Å². The molecule has 0 aromatic heterocycles. The zero-order valence-electron chi connectivity index (χ0n) is 4.75. The average molecular weight is 117 g/mol. The van der Waals surface area contributed by atoms with Crippen LogP contribution in [0.25, 0.3) is 0 Å². The van der Waals surface area contributed by atoms with E-state index < -0.39 is 0 Å². The molecule has 0 heterocycles. The fraction of sp³-hybridized carbons (Fsp3) is 0.500. The minimum absolute atomic E-state index is 0.159. The molecule has 4 nitrogen and oxygen atoms in total. The van der Waals surface area contributed by atoms with E-state index in [1.54, 1.807) is 13.8 Å². The van der Waals surface area contributed by atoms with Gasteiger partial charge in [-0.2, -0.15) is 4.99 Å². The van der Waals surface area contributed by atoms with Gasteiger partial charge < -0.3 is 0 Å². The Morgan fingerprint density at radius 1 is 1.62 bits per heavy atom. The van der Waals surface area contributed by atoms with E-state index in [-0.39, 0.29) is 6.47 Å². The normalized spacial score (nSPS) is 7.25. The summed E-state index contributed by atoms with van der Waals surface area (Å²) >= 11 is 0. The van der Waals surface area contributed by atoms with Crippen molar-refractivity contribution < 1.29 is 14.7 Å². The highest BCUT2D eigenvalue weighted by Crippen LogP contribution is 1.77. The molecule has 0 radical (unpaired) electrons. The molecule has 0 atom stereocenters. The minimum atomic E-state index is 0.159. The fourth-order valence-electron chi connectivity index (χ4n) is 0.114. The molecule has 0 unspecified atom stereocenters. The minimum Gasteiger partial charge on any atom is -0.251 e. The first-order chi connectivity index (χ1) is 3.77. The van der Waals surface area contributed by atoms with Gasteiger partial charge in [-0.25, -0.2) is 4.89 Å². The van der Waals surface area contributed by atoms with Gasteiger partial charge in [0.25, 0.3) is 0 Å². The van der Waals surface area contributed by atoms with Gasteiger partial charge in [-0.15, -0.1) is 0 Å². The Bertz CT molecular complexity index is 95.5. The Balaban J connectivity index is 3.15. The second kappa shape index (κ2) is 4.11. The van der Waals surface area contributed by atoms with Crippen LogP contribution in [0.2, 0.25) is 0 Å². The van der Waals surface area contributed by atoms with Gasteiger partial charge >= 0.3 is 6.47 Å². The van der Waals surface area contributed by atoms with E-state index in [0.29, 0.717) is 5.71 Å². The number of rotatable bonds is 3. The van der Waals surface area contributed by atoms with Gasteiger partial charge in [-0.05, 0) is 19.0 Å². The summed E-state index contributed by atoms with van der Waals surface area (Å²) in [6.07, 6.45) is 0. The van der Waals surface area contributed by atoms with E-state index in [0.717, 1.165) is 0 Å². The van der Waals surface area contributed by atoms with Crippen LogP contribution in [-0.4, -0.2) is 12.2 Å². The van der Waals surface area contributed by atoms with Gasteiger partial charge in [0, 0.05) is 0 Å². The smallest absolute Gasteiger partial charge is 0.251 e. The van der Waals surface area contributed by atoms with E-state index in [4.69, 9.17) is 0 Å². The predicted molar refractivity (Wildman–Crippen MR) is 27.0 cm³/mol. The lowest BCUT2D eigenvalue weighted by molar-refractivity contribution is -0.259. The first kappa shape index (κ1) is 6.94. The molecule has 8 heavy (non-hydrogen) atoms. The number of hydrogen-bond acceptors (Lipinski definition) is 4. The van der Waals surface area contributed by atoms with Gasteiger partial charge in [0.1, 0.15) is 0 Å². The predicted octanol–water partition coefficient (Wildman–Crippen LogP) is 0.487. The quantitative estimate of drug-likeness (QED) is 0.178. The Morgan fingerprint density at radius 2 is 2.25 bits per heavy atom. The van der Waals surface area contributed by atoms with Crippen LogP contribution in [0.4, 0.5) is 0 Å². The van der Waals surface area contributed by atoms with Crippen molar-refractivity contribution in [3.8, 4) is 0 Å². The van der Waals surface area contributed by atoms with Crippen LogP contribution in [0, 0.1) is 0 Å². The second-order valence-electron chi connectivity index (χ2n) is 1.31. The highest BCUT2D eigenvalue weighted by atomic mass is 17.3. The lowest BCUT2D eigenvalue weighted by atomic mass is 10.5. The molecule has 0 aliphatic rings. The number of hydrogen-bond donors (Lipinski definition) is 0. The van der Waals surface area contributed by atoms with Gasteiger partial charge in [-0.3, -0.25) is 4.79 Å². The zero-order valence-corrected chi connectivity index (χ0v) is 4.75. The fourth-order valence-corrected chi connectivity index (χ4v) is 0.114. The Labute approximate surface area is 47.0 Å². The van der Waals surface area contributed by atoms with Gasteiger partial charge in [0.2, 0.25) is 0 Å². The van der Waals surface area contributed by atoms with Crippen molar-refractivity contribution in [2.45, 2.75) is 13.8 Å². The molecule has 0 N–H and O–H groups in total. The molecular formula is C4H7NO3. The molecule has 4 heteroatoms. The summed E-state index contributed by atoms with van der Waals surface area (Å²) in [7, 11) is 0. The van der Waals surface area contributed by atoms with Crippen LogP contribution in [0.3, 0.4) is 0 Å². The van der Waals surface area contributed by atoms with E-state index in [9.17, 15) is 4.79 Å². The Morgan fingerprint density at radius 3 is 2.62 bits per heavy atom. The lowest BCUT2D eigenvalue weighted by Crippen LogP contribution is -1.87. The van der Waals surface area contributed by atoms with Gasteiger partial charge in [0.05, 0.1) is 5.71 Å². The van der Waals surface area contributed by atoms with Gasteiger partial charge in [0.15, 0.2) is 0 Å². The largest absolute Gasteiger partial charge is 0.346 e. The molecular weight excluding hydrogens is 110 g/mol. The third-order valence-corrected chi connectivity index (χ3v) is 0.302. The molecule has 0 aliphatic heterocycles. The van der Waals surface area contributed by atoms with E-state index in [1.807, 2.05) is 0 Å². The third-order valence-electron chi connectivity index (χ3n) is 0.302. The van der Waals surface area contributed by atoms with E-state index in [1.165, 1.54) is 0 Å². The summed E-state index contributed by atoms with van der Waals surface area (Å²) < 4.78 is 0. The van der Waals surface area contributed by atoms with Gasteiger partial charge in [-0.1, -0.05) is 0 Å². The monoisotopic (exact) mass is 117 g/mol. The number of carbonyl (C=O) groups excluding carboxylic acids is 1. The number of oxime groups is 1. The first-order valence-electron chi connectivity index (χ1n) is 2.04. The standard InChI is InChI=1S/C4H7NO3/c1-4(2)5-8-7-3-6/h3H,1-2H3. The first-order valence-corrected chi connectivity index (χ1v) is 2.04. The highest BCUT2D eigenvalue weighted by molar-refractivity contribution is 5.78. The molecule has 0 amide bonds. The molecule has 0 spiro atoms. The Kier molecular flexibility index (Phi) is 3.56. The summed E-state index contributed by atoms with van der Waals surface area (Å²) in [4.78, 5) is 17.1. The van der Waals surface area contributed by atoms with Crippen molar-refractivity contribution in [1.82, 2.24) is 0 Å². The molecule has 0 aliphatic carbocycles. The maximum Gasteiger partial charge on any atom is 0.346 e. The summed E-state index contributed by atoms with van der Waals surface area (Å²) in [5, 5.41) is 3.28. The maximum atomic E-state index is 9.37. The lowest BCUT2D eigenvalue weighted by Gasteiger charge is -1.87. The summed E-state index contributed by atoms with van der Waals surface area (Å²) in [5.41, 5.74) is 0.687. The number of carbonyl (C=O) groups is 1. The highest BCUT2D eigenvalue weighted by Gasteiger charge is 1.77. The number of nitrogens with zero attached hydrogens (tertiary/aromatic N) is 1. The van der Waals surface area contributed by atoms with Crippen LogP contribution in [-0.2, 0) is 14.7 Å². The zero-order chi connectivity index (χ0) is 6.41. The van der Waals surface area contributed by atoms with Crippen molar-refractivity contribution >= 4 is 12.2 Å². The molecule has 0 saturated heterocycles. The SMILES string of the molecule is CC(C)=NOOC=O. The van der Waals surface area contributed by atoms with Crippen LogP contribution in [0.15, 0.2) is 5.16 Å². The molecule has 46 valence electrons. The maximum absolute atomic E-state index is 9.37. The molecule has 0 fully saturated rings. The van der Waals surface area contributed by atoms with E-state index in [2.05, 4.69) is 15.0 Å². The average Bonchev–Trinajstić information content (AvgIpc) is 1.66. The van der Waals surface area contributed by atoms with Crippen molar-refractivity contribution in [3.63, 3.8) is 0 Å². The van der Waals surface area contributed by atoms with Crippen molar-refractivity contribution in [2.75, 3.05) is 0 Å². The summed E-state index contributed by atoms with van der Waals surface area (Å²) in [6, 6.07) is 0. The molecule has 0 saturated carbocycles. The Hall–Kier alpha value is -1.06. The van der Waals surface area contributed by atoms with Crippen LogP contribution < -0.4 is 0 Å². The van der Waals surface area contributed by atoms with Crippen LogP contribution in [0.1, 0.15) is 13.8 Å². The molecule has 0 aromatic rings. The molecule has 0 aromatic carbocycles.